The highest BCUT2D eigenvalue weighted by Gasteiger charge is 2.33. The zero-order valence-electron chi connectivity index (χ0n) is 19.8. The first-order valence-electron chi connectivity index (χ1n) is 12.4. The van der Waals surface area contributed by atoms with Gasteiger partial charge in [-0.1, -0.05) is 6.07 Å². The van der Waals surface area contributed by atoms with Crippen LogP contribution in [0.1, 0.15) is 31.2 Å². The molecular formula is C25H31F3N6O. The van der Waals surface area contributed by atoms with Crippen LogP contribution in [0.25, 0.3) is 0 Å². The van der Waals surface area contributed by atoms with Gasteiger partial charge in [-0.15, -0.1) is 10.2 Å². The first-order chi connectivity index (χ1) is 16.9. The molecule has 3 aliphatic rings. The summed E-state index contributed by atoms with van der Waals surface area (Å²) in [5, 5.41) is 8.83. The zero-order valence-corrected chi connectivity index (χ0v) is 19.8. The summed E-state index contributed by atoms with van der Waals surface area (Å²) in [6.07, 6.45) is -0.425. The molecule has 1 aromatic carbocycles. The molecule has 1 aromatic heterocycles. The Labute approximate surface area is 203 Å². The highest BCUT2D eigenvalue weighted by atomic mass is 19.4. The van der Waals surface area contributed by atoms with Crippen molar-refractivity contribution in [1.29, 1.82) is 0 Å². The summed E-state index contributed by atoms with van der Waals surface area (Å²) in [4.78, 5) is 21.4. The number of piperidine rings is 1. The van der Waals surface area contributed by atoms with Crippen LogP contribution in [-0.2, 0) is 11.0 Å². The fourth-order valence-electron chi connectivity index (χ4n) is 5.28. The van der Waals surface area contributed by atoms with Gasteiger partial charge in [0.15, 0.2) is 11.6 Å². The number of anilines is 3. The lowest BCUT2D eigenvalue weighted by Gasteiger charge is -2.39. The van der Waals surface area contributed by atoms with E-state index in [1.54, 1.807) is 6.07 Å². The number of piperazine rings is 1. The van der Waals surface area contributed by atoms with Crippen molar-refractivity contribution >= 4 is 23.2 Å². The van der Waals surface area contributed by atoms with E-state index in [0.717, 1.165) is 56.7 Å². The van der Waals surface area contributed by atoms with Gasteiger partial charge in [-0.2, -0.15) is 13.2 Å². The van der Waals surface area contributed by atoms with Gasteiger partial charge in [-0.3, -0.25) is 4.79 Å². The number of carbonyl (C=O) groups excluding carboxylic acids is 1. The molecule has 0 saturated carbocycles. The molecular weight excluding hydrogens is 457 g/mol. The van der Waals surface area contributed by atoms with E-state index in [-0.39, 0.29) is 11.8 Å². The molecule has 0 spiro atoms. The number of benzene rings is 1. The predicted molar refractivity (Wildman–Crippen MR) is 129 cm³/mol. The lowest BCUT2D eigenvalue weighted by molar-refractivity contribution is -0.137. The average Bonchev–Trinajstić information content (AvgIpc) is 3.43. The monoisotopic (exact) mass is 488 g/mol. The second kappa shape index (κ2) is 9.91. The maximum Gasteiger partial charge on any atom is 0.416 e. The van der Waals surface area contributed by atoms with E-state index in [9.17, 15) is 18.0 Å². The number of amides is 1. The van der Waals surface area contributed by atoms with E-state index in [0.29, 0.717) is 31.9 Å². The molecule has 10 heteroatoms. The molecule has 0 bridgehead atoms. The summed E-state index contributed by atoms with van der Waals surface area (Å²) >= 11 is 0. The zero-order chi connectivity index (χ0) is 24.4. The fraction of sp³-hybridized carbons (Fsp3) is 0.560. The lowest BCUT2D eigenvalue weighted by Crippen LogP contribution is -2.51. The molecule has 0 N–H and O–H groups in total. The molecule has 0 aliphatic carbocycles. The number of alkyl halides is 3. The maximum absolute atomic E-state index is 13.1. The summed E-state index contributed by atoms with van der Waals surface area (Å²) in [6.45, 7) is 5.72. The quantitative estimate of drug-likeness (QED) is 0.655. The van der Waals surface area contributed by atoms with Crippen molar-refractivity contribution in [2.45, 2.75) is 31.9 Å². The molecule has 5 rings (SSSR count). The van der Waals surface area contributed by atoms with E-state index in [1.165, 1.54) is 25.0 Å². The van der Waals surface area contributed by atoms with Gasteiger partial charge in [0, 0.05) is 64.0 Å². The topological polar surface area (TPSA) is 55.8 Å². The van der Waals surface area contributed by atoms with Crippen molar-refractivity contribution < 1.29 is 18.0 Å². The van der Waals surface area contributed by atoms with Gasteiger partial charge in [-0.05, 0) is 56.0 Å². The molecule has 2 aromatic rings. The van der Waals surface area contributed by atoms with Crippen molar-refractivity contribution in [2.75, 3.05) is 67.1 Å². The normalized spacial score (nSPS) is 20.0. The number of rotatable bonds is 4. The molecule has 4 heterocycles. The van der Waals surface area contributed by atoms with Crippen molar-refractivity contribution in [3.05, 3.63) is 42.0 Å². The number of carbonyl (C=O) groups is 1. The minimum atomic E-state index is -4.36. The summed E-state index contributed by atoms with van der Waals surface area (Å²) in [7, 11) is 0. The lowest BCUT2D eigenvalue weighted by atomic mass is 9.95. The van der Waals surface area contributed by atoms with Gasteiger partial charge in [0.2, 0.25) is 5.91 Å². The van der Waals surface area contributed by atoms with Crippen molar-refractivity contribution in [1.82, 2.24) is 15.1 Å². The number of hydrogen-bond donors (Lipinski definition) is 0. The third kappa shape index (κ3) is 5.31. The molecule has 0 unspecified atom stereocenters. The third-order valence-electron chi connectivity index (χ3n) is 7.36. The standard InChI is InChI=1S/C25H31F3N6O/c26-25(27,28)20-4-3-5-21(18-20)31-14-16-34(17-15-31)24(35)19-8-12-33(13-9-19)23-7-6-22(29-30-23)32-10-1-2-11-32/h3-7,18-19H,1-2,8-17H2. The molecule has 1 amide bonds. The minimum absolute atomic E-state index is 0.0248. The fourth-order valence-corrected chi connectivity index (χ4v) is 5.28. The van der Waals surface area contributed by atoms with E-state index in [4.69, 9.17) is 0 Å². The van der Waals surface area contributed by atoms with E-state index < -0.39 is 11.7 Å². The highest BCUT2D eigenvalue weighted by Crippen LogP contribution is 2.32. The average molecular weight is 489 g/mol. The van der Waals surface area contributed by atoms with Gasteiger partial charge in [-0.25, -0.2) is 0 Å². The molecule has 3 saturated heterocycles. The number of nitrogens with zero attached hydrogens (tertiary/aromatic N) is 6. The second-order valence-corrected chi connectivity index (χ2v) is 9.57. The van der Waals surface area contributed by atoms with E-state index >= 15 is 0 Å². The van der Waals surface area contributed by atoms with Crippen LogP contribution in [0.2, 0.25) is 0 Å². The molecule has 3 aliphatic heterocycles. The number of halogens is 3. The Bertz CT molecular complexity index is 1010. The van der Waals surface area contributed by atoms with Crippen molar-refractivity contribution in [3.63, 3.8) is 0 Å². The van der Waals surface area contributed by atoms with Crippen LogP contribution >= 0.6 is 0 Å². The van der Waals surface area contributed by atoms with Crippen molar-refractivity contribution in [2.24, 2.45) is 5.92 Å². The van der Waals surface area contributed by atoms with Gasteiger partial charge < -0.3 is 19.6 Å². The predicted octanol–water partition coefficient (Wildman–Crippen LogP) is 3.66. The molecule has 3 fully saturated rings. The van der Waals surface area contributed by atoms with Crippen molar-refractivity contribution in [3.8, 4) is 0 Å². The molecule has 35 heavy (non-hydrogen) atoms. The van der Waals surface area contributed by atoms with E-state index in [2.05, 4.69) is 20.0 Å². The van der Waals surface area contributed by atoms with E-state index in [1.807, 2.05) is 21.9 Å². The van der Waals surface area contributed by atoms with Crippen LogP contribution in [0, 0.1) is 5.92 Å². The van der Waals surface area contributed by atoms with Gasteiger partial charge in [0.1, 0.15) is 0 Å². The van der Waals surface area contributed by atoms with Crippen LogP contribution in [-0.4, -0.2) is 73.4 Å². The summed E-state index contributed by atoms with van der Waals surface area (Å²) in [5.74, 6) is 1.92. The Kier molecular flexibility index (Phi) is 6.71. The smallest absolute Gasteiger partial charge is 0.368 e. The minimum Gasteiger partial charge on any atom is -0.368 e. The van der Waals surface area contributed by atoms with Gasteiger partial charge >= 0.3 is 6.18 Å². The van der Waals surface area contributed by atoms with Crippen LogP contribution in [0.15, 0.2) is 36.4 Å². The maximum atomic E-state index is 13.1. The summed E-state index contributed by atoms with van der Waals surface area (Å²) in [6, 6.07) is 9.47. The Hall–Kier alpha value is -3.04. The number of aromatic nitrogens is 2. The largest absolute Gasteiger partial charge is 0.416 e. The Morgan fingerprint density at radius 1 is 0.771 bits per heavy atom. The van der Waals surface area contributed by atoms with Gasteiger partial charge in [0.25, 0.3) is 0 Å². The SMILES string of the molecule is O=C(C1CCN(c2ccc(N3CCCC3)nn2)CC1)N1CCN(c2cccc(C(F)(F)F)c2)CC1. The summed E-state index contributed by atoms with van der Waals surface area (Å²) in [5.41, 5.74) is -0.0901. The Morgan fingerprint density at radius 3 is 1.94 bits per heavy atom. The number of hydrogen-bond acceptors (Lipinski definition) is 6. The first kappa shape index (κ1) is 23.7. The molecule has 0 radical (unpaired) electrons. The Balaban J connectivity index is 1.11. The first-order valence-corrected chi connectivity index (χ1v) is 12.4. The van der Waals surface area contributed by atoms with Crippen LogP contribution in [0.5, 0.6) is 0 Å². The molecule has 188 valence electrons. The summed E-state index contributed by atoms with van der Waals surface area (Å²) < 4.78 is 39.1. The molecule has 7 nitrogen and oxygen atoms in total. The van der Waals surface area contributed by atoms with Crippen LogP contribution in [0.4, 0.5) is 30.5 Å². The third-order valence-corrected chi connectivity index (χ3v) is 7.36. The van der Waals surface area contributed by atoms with Crippen LogP contribution < -0.4 is 14.7 Å². The van der Waals surface area contributed by atoms with Crippen LogP contribution in [0.3, 0.4) is 0 Å². The second-order valence-electron chi connectivity index (χ2n) is 9.57. The van der Waals surface area contributed by atoms with Gasteiger partial charge in [0.05, 0.1) is 5.56 Å². The Morgan fingerprint density at radius 2 is 1.37 bits per heavy atom. The molecule has 0 atom stereocenters. The highest BCUT2D eigenvalue weighted by molar-refractivity contribution is 5.79.